The Kier molecular flexibility index (Phi) is 3.64. The number of rotatable bonds is 4. The highest BCUT2D eigenvalue weighted by atomic mass is 19.3. The molecule has 0 aromatic heterocycles. The monoisotopic (exact) mass is 289 g/mol. The molecule has 2 nitrogen and oxygen atoms in total. The first kappa shape index (κ1) is 14.0. The molecular formula is C17H17F2NO. The van der Waals surface area contributed by atoms with Gasteiger partial charge in [-0.3, -0.25) is 0 Å². The molecule has 3 rings (SSSR count). The first-order valence-electron chi connectivity index (χ1n) is 7.01. The van der Waals surface area contributed by atoms with Crippen molar-refractivity contribution in [2.45, 2.75) is 24.8 Å². The predicted octanol–water partition coefficient (Wildman–Crippen LogP) is 3.80. The number of ether oxygens (including phenoxy) is 1. The maximum Gasteiger partial charge on any atom is 0.306 e. The molecular weight excluding hydrogens is 272 g/mol. The topological polar surface area (TPSA) is 35.2 Å². The van der Waals surface area contributed by atoms with Crippen LogP contribution in [0.25, 0.3) is 0 Å². The predicted molar refractivity (Wildman–Crippen MR) is 77.5 cm³/mol. The lowest BCUT2D eigenvalue weighted by molar-refractivity contribution is -0.0467. The van der Waals surface area contributed by atoms with Gasteiger partial charge in [0.1, 0.15) is 5.75 Å². The summed E-state index contributed by atoms with van der Waals surface area (Å²) < 4.78 is 33.4. The zero-order valence-corrected chi connectivity index (χ0v) is 11.6. The van der Waals surface area contributed by atoms with E-state index in [0.29, 0.717) is 5.75 Å². The summed E-state index contributed by atoms with van der Waals surface area (Å²) in [5, 5.41) is 0. The number of benzene rings is 2. The average Bonchev–Trinajstić information content (AvgIpc) is 2.87. The van der Waals surface area contributed by atoms with E-state index in [1.165, 1.54) is 12.1 Å². The van der Waals surface area contributed by atoms with E-state index in [2.05, 4.69) is 0 Å². The third-order valence-corrected chi connectivity index (χ3v) is 3.85. The fourth-order valence-electron chi connectivity index (χ4n) is 2.66. The quantitative estimate of drug-likeness (QED) is 0.929. The smallest absolute Gasteiger partial charge is 0.306 e. The molecule has 1 atom stereocenters. The van der Waals surface area contributed by atoms with Gasteiger partial charge in [0.05, 0.1) is 0 Å². The summed E-state index contributed by atoms with van der Waals surface area (Å²) in [4.78, 5) is 0. The number of aryl methyl sites for hydroxylation is 1. The van der Waals surface area contributed by atoms with Crippen LogP contribution in [-0.4, -0.2) is 6.61 Å². The summed E-state index contributed by atoms with van der Waals surface area (Å²) >= 11 is 0. The van der Waals surface area contributed by atoms with Crippen LogP contribution in [0.3, 0.4) is 0 Å². The second-order valence-electron chi connectivity index (χ2n) is 5.36. The zero-order valence-electron chi connectivity index (χ0n) is 11.6. The molecule has 0 saturated heterocycles. The van der Waals surface area contributed by atoms with Gasteiger partial charge in [0, 0.05) is 11.6 Å². The summed E-state index contributed by atoms with van der Waals surface area (Å²) in [5.74, 6) is -2.53. The number of fused-ring (bicyclic) bond motifs is 1. The van der Waals surface area contributed by atoms with Crippen molar-refractivity contribution in [1.29, 1.82) is 0 Å². The van der Waals surface area contributed by atoms with Crippen LogP contribution in [-0.2, 0) is 12.3 Å². The second kappa shape index (κ2) is 5.45. The van der Waals surface area contributed by atoms with Crippen LogP contribution >= 0.6 is 0 Å². The Labute approximate surface area is 122 Å². The highest BCUT2D eigenvalue weighted by Gasteiger charge is 2.32. The van der Waals surface area contributed by atoms with Crippen molar-refractivity contribution in [1.82, 2.24) is 0 Å². The minimum absolute atomic E-state index is 0.0341. The number of halogens is 2. The van der Waals surface area contributed by atoms with Gasteiger partial charge in [0.15, 0.2) is 6.61 Å². The molecule has 0 fully saturated rings. The van der Waals surface area contributed by atoms with Gasteiger partial charge in [-0.25, -0.2) is 0 Å². The molecule has 0 amide bonds. The molecule has 1 aliphatic carbocycles. The highest BCUT2D eigenvalue weighted by Crippen LogP contribution is 2.33. The van der Waals surface area contributed by atoms with Crippen LogP contribution in [0.15, 0.2) is 48.5 Å². The summed E-state index contributed by atoms with van der Waals surface area (Å²) in [6.07, 6.45) is 1.78. The van der Waals surface area contributed by atoms with E-state index in [1.54, 1.807) is 24.3 Å². The van der Waals surface area contributed by atoms with Crippen molar-refractivity contribution in [2.75, 3.05) is 6.61 Å². The molecule has 0 spiro atoms. The van der Waals surface area contributed by atoms with Gasteiger partial charge < -0.3 is 10.5 Å². The Morgan fingerprint density at radius 3 is 2.67 bits per heavy atom. The van der Waals surface area contributed by atoms with E-state index in [9.17, 15) is 8.78 Å². The molecule has 0 radical (unpaired) electrons. The van der Waals surface area contributed by atoms with Crippen molar-refractivity contribution < 1.29 is 13.5 Å². The summed E-state index contributed by atoms with van der Waals surface area (Å²) in [6.45, 7) is -0.665. The molecule has 110 valence electrons. The van der Waals surface area contributed by atoms with E-state index in [0.717, 1.165) is 24.0 Å². The fraction of sp³-hybridized carbons (Fsp3) is 0.294. The number of hydrogen-bond donors (Lipinski definition) is 1. The van der Waals surface area contributed by atoms with Gasteiger partial charge in [0.2, 0.25) is 0 Å². The van der Waals surface area contributed by atoms with Crippen LogP contribution in [0.5, 0.6) is 5.75 Å². The first-order valence-corrected chi connectivity index (χ1v) is 7.01. The first-order chi connectivity index (χ1) is 10.1. The van der Waals surface area contributed by atoms with Gasteiger partial charge in [-0.15, -0.1) is 0 Å². The standard InChI is InChI=1S/C17H17F2NO/c18-17(19,13-4-2-1-3-5-13)11-21-14-7-8-15-12(10-14)6-9-16(15)20/h1-5,7-8,10,16H,6,9,11,20H2/t16-/m0/s1. The molecule has 0 heterocycles. The molecule has 2 N–H and O–H groups in total. The lowest BCUT2D eigenvalue weighted by Crippen LogP contribution is -2.23. The van der Waals surface area contributed by atoms with Crippen molar-refractivity contribution in [3.8, 4) is 5.75 Å². The molecule has 0 aliphatic heterocycles. The Bertz CT molecular complexity index is 628. The summed E-state index contributed by atoms with van der Waals surface area (Å²) in [6, 6.07) is 13.2. The van der Waals surface area contributed by atoms with Gasteiger partial charge in [-0.2, -0.15) is 8.78 Å². The zero-order chi connectivity index (χ0) is 14.9. The van der Waals surface area contributed by atoms with E-state index < -0.39 is 12.5 Å². The maximum atomic E-state index is 14.0. The van der Waals surface area contributed by atoms with Crippen LogP contribution in [0.2, 0.25) is 0 Å². The number of alkyl halides is 2. The van der Waals surface area contributed by atoms with Gasteiger partial charge >= 0.3 is 5.92 Å². The molecule has 0 saturated carbocycles. The van der Waals surface area contributed by atoms with Gasteiger partial charge in [-0.1, -0.05) is 36.4 Å². The van der Waals surface area contributed by atoms with E-state index in [-0.39, 0.29) is 11.6 Å². The van der Waals surface area contributed by atoms with Crippen molar-refractivity contribution in [2.24, 2.45) is 5.73 Å². The molecule has 4 heteroatoms. The van der Waals surface area contributed by atoms with Gasteiger partial charge in [-0.05, 0) is 36.1 Å². The largest absolute Gasteiger partial charge is 0.487 e. The summed E-state index contributed by atoms with van der Waals surface area (Å²) in [5.41, 5.74) is 8.12. The third-order valence-electron chi connectivity index (χ3n) is 3.85. The third kappa shape index (κ3) is 2.90. The normalized spacial score (nSPS) is 17.6. The minimum Gasteiger partial charge on any atom is -0.487 e. The van der Waals surface area contributed by atoms with Gasteiger partial charge in [0.25, 0.3) is 0 Å². The Balaban J connectivity index is 1.71. The van der Waals surface area contributed by atoms with E-state index in [1.807, 2.05) is 12.1 Å². The minimum atomic E-state index is -3.00. The van der Waals surface area contributed by atoms with Crippen LogP contribution < -0.4 is 10.5 Å². The SMILES string of the molecule is N[C@H]1CCc2cc(OCC(F)(F)c3ccccc3)ccc21. The number of hydrogen-bond acceptors (Lipinski definition) is 2. The maximum absolute atomic E-state index is 14.0. The van der Waals surface area contributed by atoms with Crippen LogP contribution in [0.1, 0.15) is 29.2 Å². The summed E-state index contributed by atoms with van der Waals surface area (Å²) in [7, 11) is 0. The highest BCUT2D eigenvalue weighted by molar-refractivity contribution is 5.40. The molecule has 0 bridgehead atoms. The van der Waals surface area contributed by atoms with Crippen LogP contribution in [0, 0.1) is 0 Å². The average molecular weight is 289 g/mol. The molecule has 1 aliphatic rings. The van der Waals surface area contributed by atoms with Crippen molar-refractivity contribution in [3.63, 3.8) is 0 Å². The van der Waals surface area contributed by atoms with Crippen LogP contribution in [0.4, 0.5) is 8.78 Å². The Morgan fingerprint density at radius 1 is 1.14 bits per heavy atom. The Morgan fingerprint density at radius 2 is 1.90 bits per heavy atom. The van der Waals surface area contributed by atoms with Crippen molar-refractivity contribution >= 4 is 0 Å². The lowest BCUT2D eigenvalue weighted by atomic mass is 10.1. The van der Waals surface area contributed by atoms with Crippen molar-refractivity contribution in [3.05, 3.63) is 65.2 Å². The Hall–Kier alpha value is -1.94. The molecule has 21 heavy (non-hydrogen) atoms. The second-order valence-corrected chi connectivity index (χ2v) is 5.36. The fourth-order valence-corrected chi connectivity index (χ4v) is 2.66. The molecule has 2 aromatic rings. The van der Waals surface area contributed by atoms with E-state index in [4.69, 9.17) is 10.5 Å². The molecule has 2 aromatic carbocycles. The number of nitrogens with two attached hydrogens (primary N) is 1. The molecule has 0 unspecified atom stereocenters. The van der Waals surface area contributed by atoms with E-state index >= 15 is 0 Å². The lowest BCUT2D eigenvalue weighted by Gasteiger charge is -2.18.